The van der Waals surface area contributed by atoms with Gasteiger partial charge in [0.05, 0.1) is 18.0 Å². The fourth-order valence-corrected chi connectivity index (χ4v) is 3.70. The molecule has 1 N–H and O–H groups in total. The highest BCUT2D eigenvalue weighted by atomic mass is 16.2. The van der Waals surface area contributed by atoms with E-state index in [2.05, 4.69) is 21.5 Å². The molecule has 1 fully saturated rings. The summed E-state index contributed by atoms with van der Waals surface area (Å²) in [6, 6.07) is 11.7. The summed E-state index contributed by atoms with van der Waals surface area (Å²) < 4.78 is 2.84. The molecule has 0 bridgehead atoms. The lowest BCUT2D eigenvalue weighted by atomic mass is 9.83. The molecule has 0 saturated heterocycles. The quantitative estimate of drug-likeness (QED) is 0.749. The van der Waals surface area contributed by atoms with E-state index in [-0.39, 0.29) is 18.0 Å². The van der Waals surface area contributed by atoms with E-state index in [1.54, 1.807) is 4.68 Å². The Morgan fingerprint density at radius 3 is 2.68 bits per heavy atom. The predicted octanol–water partition coefficient (Wildman–Crippen LogP) is 1.92. The minimum Gasteiger partial charge on any atom is -0.336 e. The normalized spacial score (nSPS) is 15.8. The van der Waals surface area contributed by atoms with Gasteiger partial charge in [-0.3, -0.25) is 14.2 Å². The second kappa shape index (κ2) is 7.27. The molecule has 0 aliphatic heterocycles. The highest BCUT2D eigenvalue weighted by Gasteiger charge is 2.33. The van der Waals surface area contributed by atoms with Gasteiger partial charge in [0.1, 0.15) is 23.8 Å². The molecule has 2 aromatic heterocycles. The Labute approximate surface area is 161 Å². The number of nitrogens with one attached hydrogen (secondary N) is 1. The number of aromatic nitrogens is 4. The predicted molar refractivity (Wildman–Crippen MR) is 103 cm³/mol. The Morgan fingerprint density at radius 1 is 1.21 bits per heavy atom. The van der Waals surface area contributed by atoms with Gasteiger partial charge in [-0.1, -0.05) is 37.5 Å². The number of rotatable bonds is 4. The number of benzene rings is 1. The molecule has 0 unspecified atom stereocenters. The Morgan fingerprint density at radius 2 is 1.96 bits per heavy atom. The van der Waals surface area contributed by atoms with E-state index in [4.69, 9.17) is 0 Å². The van der Waals surface area contributed by atoms with Crippen molar-refractivity contribution in [3.8, 4) is 11.8 Å². The molecule has 8 heteroatoms. The second-order valence-electron chi connectivity index (χ2n) is 7.11. The van der Waals surface area contributed by atoms with Gasteiger partial charge < -0.3 is 5.32 Å². The highest BCUT2D eigenvalue weighted by Crippen LogP contribution is 2.27. The third-order valence-electron chi connectivity index (χ3n) is 5.17. The molecule has 3 aromatic rings. The van der Waals surface area contributed by atoms with Crippen LogP contribution in [0.25, 0.3) is 16.7 Å². The zero-order valence-corrected chi connectivity index (χ0v) is 15.3. The van der Waals surface area contributed by atoms with Gasteiger partial charge in [-0.2, -0.15) is 10.4 Å². The van der Waals surface area contributed by atoms with E-state index < -0.39 is 5.54 Å². The summed E-state index contributed by atoms with van der Waals surface area (Å²) in [4.78, 5) is 29.6. The lowest BCUT2D eigenvalue weighted by molar-refractivity contribution is -0.123. The van der Waals surface area contributed by atoms with Crippen molar-refractivity contribution in [3.05, 3.63) is 53.2 Å². The maximum Gasteiger partial charge on any atom is 0.264 e. The van der Waals surface area contributed by atoms with E-state index >= 15 is 0 Å². The summed E-state index contributed by atoms with van der Waals surface area (Å²) in [7, 11) is 0. The number of nitriles is 1. The van der Waals surface area contributed by atoms with E-state index in [0.29, 0.717) is 23.9 Å². The monoisotopic (exact) mass is 376 g/mol. The minimum absolute atomic E-state index is 0.179. The molecule has 1 aliphatic rings. The Hall–Kier alpha value is -3.47. The smallest absolute Gasteiger partial charge is 0.264 e. The van der Waals surface area contributed by atoms with Gasteiger partial charge in [0.25, 0.3) is 5.56 Å². The van der Waals surface area contributed by atoms with Crippen LogP contribution in [0.5, 0.6) is 0 Å². The lowest BCUT2D eigenvalue weighted by Crippen LogP contribution is -2.50. The van der Waals surface area contributed by atoms with Crippen molar-refractivity contribution in [3.63, 3.8) is 0 Å². The summed E-state index contributed by atoms with van der Waals surface area (Å²) in [5.74, 6) is -0.359. The van der Waals surface area contributed by atoms with Crippen molar-refractivity contribution in [2.24, 2.45) is 0 Å². The molecule has 4 rings (SSSR count). The zero-order valence-electron chi connectivity index (χ0n) is 15.3. The van der Waals surface area contributed by atoms with Gasteiger partial charge >= 0.3 is 0 Å². The first kappa shape index (κ1) is 17.9. The molecule has 0 atom stereocenters. The molecule has 0 radical (unpaired) electrons. The standard InChI is InChI=1S/C20H20N6O2/c21-13-20(9-5-2-6-10-20)24-17(27)12-25-14-22-18-16(19(25)28)11-23-26(18)15-7-3-1-4-8-15/h1,3-4,7-8,11,14H,2,5-6,9-10,12H2,(H,24,27). The maximum atomic E-state index is 12.8. The topological polar surface area (TPSA) is 106 Å². The van der Waals surface area contributed by atoms with Gasteiger partial charge in [0.2, 0.25) is 5.91 Å². The number of fused-ring (bicyclic) bond motifs is 1. The Bertz CT molecular complexity index is 1100. The first-order valence-electron chi connectivity index (χ1n) is 9.33. The van der Waals surface area contributed by atoms with Gasteiger partial charge in [0, 0.05) is 0 Å². The van der Waals surface area contributed by atoms with Crippen LogP contribution in [-0.4, -0.2) is 30.8 Å². The number of para-hydroxylation sites is 1. The molecule has 1 amide bonds. The summed E-state index contributed by atoms with van der Waals surface area (Å²) in [5, 5.41) is 16.9. The first-order chi connectivity index (χ1) is 13.6. The maximum absolute atomic E-state index is 12.8. The molecule has 1 aliphatic carbocycles. The fourth-order valence-electron chi connectivity index (χ4n) is 3.70. The van der Waals surface area contributed by atoms with Crippen LogP contribution < -0.4 is 10.9 Å². The van der Waals surface area contributed by atoms with Crippen molar-refractivity contribution in [1.82, 2.24) is 24.6 Å². The van der Waals surface area contributed by atoms with Crippen molar-refractivity contribution in [1.29, 1.82) is 5.26 Å². The minimum atomic E-state index is -0.825. The highest BCUT2D eigenvalue weighted by molar-refractivity contribution is 5.78. The van der Waals surface area contributed by atoms with E-state index in [1.165, 1.54) is 17.1 Å². The zero-order chi connectivity index (χ0) is 19.6. The first-order valence-corrected chi connectivity index (χ1v) is 9.33. The van der Waals surface area contributed by atoms with Crippen molar-refractivity contribution in [2.75, 3.05) is 0 Å². The van der Waals surface area contributed by atoms with Crippen LogP contribution in [0.3, 0.4) is 0 Å². The number of amides is 1. The van der Waals surface area contributed by atoms with Crippen LogP contribution in [0.4, 0.5) is 0 Å². The van der Waals surface area contributed by atoms with Crippen molar-refractivity contribution >= 4 is 16.9 Å². The van der Waals surface area contributed by atoms with E-state index in [1.807, 2.05) is 30.3 Å². The van der Waals surface area contributed by atoms with Crippen LogP contribution in [0.2, 0.25) is 0 Å². The second-order valence-corrected chi connectivity index (χ2v) is 7.11. The molecule has 1 saturated carbocycles. The summed E-state index contributed by atoms with van der Waals surface area (Å²) >= 11 is 0. The van der Waals surface area contributed by atoms with Crippen LogP contribution >= 0.6 is 0 Å². The van der Waals surface area contributed by atoms with Crippen LogP contribution in [0.1, 0.15) is 32.1 Å². The third kappa shape index (κ3) is 3.27. The molecule has 2 heterocycles. The number of carbonyl (C=O) groups excluding carboxylic acids is 1. The average molecular weight is 376 g/mol. The number of nitrogens with zero attached hydrogens (tertiary/aromatic N) is 5. The SMILES string of the molecule is N#CC1(NC(=O)Cn2cnc3c(cnn3-c3ccccc3)c2=O)CCCCC1. The third-order valence-corrected chi connectivity index (χ3v) is 5.17. The van der Waals surface area contributed by atoms with E-state index in [0.717, 1.165) is 24.9 Å². The summed E-state index contributed by atoms with van der Waals surface area (Å²) in [6.45, 7) is -0.179. The Kier molecular flexibility index (Phi) is 4.65. The number of hydrogen-bond donors (Lipinski definition) is 1. The molecule has 1 aromatic carbocycles. The molecule has 142 valence electrons. The van der Waals surface area contributed by atoms with Gasteiger partial charge in [-0.05, 0) is 25.0 Å². The Balaban J connectivity index is 1.58. The molecule has 28 heavy (non-hydrogen) atoms. The van der Waals surface area contributed by atoms with E-state index in [9.17, 15) is 14.9 Å². The molecule has 0 spiro atoms. The van der Waals surface area contributed by atoms with Crippen LogP contribution in [-0.2, 0) is 11.3 Å². The lowest BCUT2D eigenvalue weighted by Gasteiger charge is -2.31. The van der Waals surface area contributed by atoms with Gasteiger partial charge in [0.15, 0.2) is 5.65 Å². The van der Waals surface area contributed by atoms with Crippen LogP contribution in [0.15, 0.2) is 47.7 Å². The van der Waals surface area contributed by atoms with Gasteiger partial charge in [-0.15, -0.1) is 0 Å². The fraction of sp³-hybridized carbons (Fsp3) is 0.350. The molecular weight excluding hydrogens is 356 g/mol. The van der Waals surface area contributed by atoms with Gasteiger partial charge in [-0.25, -0.2) is 9.67 Å². The van der Waals surface area contributed by atoms with Crippen molar-refractivity contribution in [2.45, 2.75) is 44.2 Å². The summed E-state index contributed by atoms with van der Waals surface area (Å²) in [6.07, 6.45) is 7.01. The summed E-state index contributed by atoms with van der Waals surface area (Å²) in [5.41, 5.74) is 0.0769. The van der Waals surface area contributed by atoms with Crippen LogP contribution in [0, 0.1) is 11.3 Å². The number of carbonyl (C=O) groups is 1. The van der Waals surface area contributed by atoms with Crippen molar-refractivity contribution < 1.29 is 4.79 Å². The number of hydrogen-bond acceptors (Lipinski definition) is 5. The molecule has 8 nitrogen and oxygen atoms in total. The molecular formula is C20H20N6O2. The average Bonchev–Trinajstić information content (AvgIpc) is 3.16. The largest absolute Gasteiger partial charge is 0.336 e.